The average molecular weight is 262 g/mol. The van der Waals surface area contributed by atoms with Crippen molar-refractivity contribution < 1.29 is 4.79 Å². The van der Waals surface area contributed by atoms with Gasteiger partial charge in [-0.3, -0.25) is 4.79 Å². The van der Waals surface area contributed by atoms with Gasteiger partial charge >= 0.3 is 0 Å². The summed E-state index contributed by atoms with van der Waals surface area (Å²) in [7, 11) is 0. The van der Waals surface area contributed by atoms with E-state index in [-0.39, 0.29) is 11.9 Å². The number of carbonyl (C=O) groups excluding carboxylic acids is 1. The van der Waals surface area contributed by atoms with E-state index >= 15 is 0 Å². The molecule has 1 aromatic carbocycles. The third-order valence-electron chi connectivity index (χ3n) is 3.18. The van der Waals surface area contributed by atoms with Crippen LogP contribution in [0.1, 0.15) is 49.9 Å². The molecule has 0 saturated heterocycles. The Morgan fingerprint density at radius 2 is 1.89 bits per heavy atom. The summed E-state index contributed by atoms with van der Waals surface area (Å²) in [5.74, 6) is 0.0987. The minimum atomic E-state index is 0.0615. The Bertz CT molecular complexity index is 427. The highest BCUT2D eigenvalue weighted by Gasteiger charge is 2.11. The third-order valence-corrected chi connectivity index (χ3v) is 3.18. The predicted octanol–water partition coefficient (Wildman–Crippen LogP) is 2.87. The van der Waals surface area contributed by atoms with Crippen LogP contribution in [0.3, 0.4) is 0 Å². The number of benzene rings is 1. The van der Waals surface area contributed by atoms with Crippen molar-refractivity contribution >= 4 is 5.91 Å². The zero-order valence-corrected chi connectivity index (χ0v) is 12.7. The molecule has 0 aliphatic rings. The summed E-state index contributed by atoms with van der Waals surface area (Å²) < 4.78 is 0. The maximum Gasteiger partial charge on any atom is 0.221 e. The van der Waals surface area contributed by atoms with E-state index in [0.29, 0.717) is 12.5 Å². The Morgan fingerprint density at radius 3 is 2.53 bits per heavy atom. The van der Waals surface area contributed by atoms with Crippen LogP contribution in [0, 0.1) is 13.8 Å². The van der Waals surface area contributed by atoms with Crippen molar-refractivity contribution in [2.45, 2.75) is 53.1 Å². The van der Waals surface area contributed by atoms with Crippen molar-refractivity contribution in [3.05, 3.63) is 34.9 Å². The lowest BCUT2D eigenvalue weighted by molar-refractivity contribution is -0.121. The molecule has 0 aliphatic heterocycles. The van der Waals surface area contributed by atoms with E-state index in [1.165, 1.54) is 16.7 Å². The molecule has 0 fully saturated rings. The molecule has 1 rings (SSSR count). The van der Waals surface area contributed by atoms with Gasteiger partial charge in [0.25, 0.3) is 0 Å². The van der Waals surface area contributed by atoms with Crippen molar-refractivity contribution in [1.82, 2.24) is 10.6 Å². The van der Waals surface area contributed by atoms with Gasteiger partial charge in [0.05, 0.1) is 6.04 Å². The van der Waals surface area contributed by atoms with E-state index < -0.39 is 0 Å². The minimum absolute atomic E-state index is 0.0615. The molecule has 1 atom stereocenters. The first-order chi connectivity index (χ1) is 8.90. The number of hydrogen-bond acceptors (Lipinski definition) is 2. The molecule has 0 spiro atoms. The molecule has 0 aliphatic carbocycles. The maximum atomic E-state index is 11.9. The molecule has 1 aromatic rings. The van der Waals surface area contributed by atoms with Gasteiger partial charge in [0.15, 0.2) is 0 Å². The molecule has 1 unspecified atom stereocenters. The summed E-state index contributed by atoms with van der Waals surface area (Å²) in [5, 5.41) is 6.31. The molecule has 3 heteroatoms. The van der Waals surface area contributed by atoms with Crippen molar-refractivity contribution in [2.24, 2.45) is 0 Å². The first kappa shape index (κ1) is 15.7. The Labute approximate surface area is 116 Å². The van der Waals surface area contributed by atoms with E-state index in [0.717, 1.165) is 6.54 Å². The van der Waals surface area contributed by atoms with E-state index in [4.69, 9.17) is 0 Å². The lowest BCUT2D eigenvalue weighted by Gasteiger charge is -2.17. The van der Waals surface area contributed by atoms with Crippen LogP contribution < -0.4 is 10.6 Å². The van der Waals surface area contributed by atoms with Crippen LogP contribution in [0.2, 0.25) is 0 Å². The Kier molecular flexibility index (Phi) is 6.03. The standard InChI is InChI=1S/C16H26N2O/c1-11(2)17-9-8-16(19)18-14(5)15-10-12(3)6-7-13(15)4/h6-7,10-11,14,17H,8-9H2,1-5H3,(H,18,19). The first-order valence-corrected chi connectivity index (χ1v) is 7.00. The molecule has 106 valence electrons. The highest BCUT2D eigenvalue weighted by molar-refractivity contribution is 5.76. The summed E-state index contributed by atoms with van der Waals surface area (Å²) in [6, 6.07) is 6.83. The second-order valence-corrected chi connectivity index (χ2v) is 5.51. The number of nitrogens with one attached hydrogen (secondary N) is 2. The van der Waals surface area contributed by atoms with Gasteiger partial charge in [-0.2, -0.15) is 0 Å². The number of rotatable bonds is 6. The molecule has 0 aromatic heterocycles. The molecule has 3 nitrogen and oxygen atoms in total. The van der Waals surface area contributed by atoms with Crippen LogP contribution in [0.5, 0.6) is 0 Å². The van der Waals surface area contributed by atoms with Gasteiger partial charge in [-0.1, -0.05) is 37.6 Å². The van der Waals surface area contributed by atoms with E-state index in [9.17, 15) is 4.79 Å². The normalized spacial score (nSPS) is 12.5. The van der Waals surface area contributed by atoms with Gasteiger partial charge in [-0.25, -0.2) is 0 Å². The van der Waals surface area contributed by atoms with Crippen molar-refractivity contribution in [1.29, 1.82) is 0 Å². The molecule has 0 saturated carbocycles. The topological polar surface area (TPSA) is 41.1 Å². The average Bonchev–Trinajstić information content (AvgIpc) is 2.31. The lowest BCUT2D eigenvalue weighted by atomic mass is 10.00. The van der Waals surface area contributed by atoms with Gasteiger partial charge in [0, 0.05) is 19.0 Å². The summed E-state index contributed by atoms with van der Waals surface area (Å²) in [5.41, 5.74) is 3.65. The fourth-order valence-electron chi connectivity index (χ4n) is 2.09. The molecular formula is C16H26N2O. The molecule has 2 N–H and O–H groups in total. The van der Waals surface area contributed by atoms with Gasteiger partial charge in [-0.05, 0) is 31.9 Å². The molecule has 1 amide bonds. The third kappa shape index (κ3) is 5.43. The van der Waals surface area contributed by atoms with Gasteiger partial charge < -0.3 is 10.6 Å². The fraction of sp³-hybridized carbons (Fsp3) is 0.562. The number of amides is 1. The van der Waals surface area contributed by atoms with E-state index in [2.05, 4.69) is 56.5 Å². The zero-order valence-electron chi connectivity index (χ0n) is 12.7. The Morgan fingerprint density at radius 1 is 1.21 bits per heavy atom. The van der Waals surface area contributed by atoms with Gasteiger partial charge in [-0.15, -0.1) is 0 Å². The van der Waals surface area contributed by atoms with Crippen molar-refractivity contribution in [2.75, 3.05) is 6.54 Å². The SMILES string of the molecule is Cc1ccc(C)c(C(C)NC(=O)CCNC(C)C)c1. The molecule has 0 heterocycles. The molecule has 0 radical (unpaired) electrons. The second-order valence-electron chi connectivity index (χ2n) is 5.51. The van der Waals surface area contributed by atoms with E-state index in [1.807, 2.05) is 6.92 Å². The summed E-state index contributed by atoms with van der Waals surface area (Å²) >= 11 is 0. The van der Waals surface area contributed by atoms with Crippen LogP contribution in [0.25, 0.3) is 0 Å². The molecule has 0 bridgehead atoms. The Balaban J connectivity index is 2.52. The number of carbonyl (C=O) groups is 1. The maximum absolute atomic E-state index is 11.9. The van der Waals surface area contributed by atoms with Crippen molar-refractivity contribution in [3.8, 4) is 0 Å². The number of aryl methyl sites for hydroxylation is 2. The first-order valence-electron chi connectivity index (χ1n) is 7.00. The van der Waals surface area contributed by atoms with Gasteiger partial charge in [0.2, 0.25) is 5.91 Å². The van der Waals surface area contributed by atoms with Crippen molar-refractivity contribution in [3.63, 3.8) is 0 Å². The summed E-state index contributed by atoms with van der Waals surface area (Å²) in [4.78, 5) is 11.9. The molecular weight excluding hydrogens is 236 g/mol. The zero-order chi connectivity index (χ0) is 14.4. The van der Waals surface area contributed by atoms with Crippen LogP contribution in [0.4, 0.5) is 0 Å². The highest BCUT2D eigenvalue weighted by Crippen LogP contribution is 2.18. The quantitative estimate of drug-likeness (QED) is 0.827. The van der Waals surface area contributed by atoms with E-state index in [1.54, 1.807) is 0 Å². The predicted molar refractivity (Wildman–Crippen MR) is 80.2 cm³/mol. The highest BCUT2D eigenvalue weighted by atomic mass is 16.1. The summed E-state index contributed by atoms with van der Waals surface area (Å²) in [6.45, 7) is 11.1. The smallest absolute Gasteiger partial charge is 0.221 e. The second kappa shape index (κ2) is 7.29. The summed E-state index contributed by atoms with van der Waals surface area (Å²) in [6.07, 6.45) is 0.521. The fourth-order valence-corrected chi connectivity index (χ4v) is 2.09. The van der Waals surface area contributed by atoms with Crippen LogP contribution in [-0.2, 0) is 4.79 Å². The minimum Gasteiger partial charge on any atom is -0.350 e. The van der Waals surface area contributed by atoms with Gasteiger partial charge in [0.1, 0.15) is 0 Å². The Hall–Kier alpha value is -1.35. The lowest BCUT2D eigenvalue weighted by Crippen LogP contribution is -2.32. The monoisotopic (exact) mass is 262 g/mol. The van der Waals surface area contributed by atoms with Crippen LogP contribution in [-0.4, -0.2) is 18.5 Å². The number of hydrogen-bond donors (Lipinski definition) is 2. The van der Waals surface area contributed by atoms with Crippen LogP contribution in [0.15, 0.2) is 18.2 Å². The largest absolute Gasteiger partial charge is 0.350 e. The van der Waals surface area contributed by atoms with Crippen LogP contribution >= 0.6 is 0 Å². The molecule has 19 heavy (non-hydrogen) atoms.